The second-order valence-corrected chi connectivity index (χ2v) is 7.63. The molecule has 2 N–H and O–H groups in total. The van der Waals surface area contributed by atoms with Crippen LogP contribution < -0.4 is 10.6 Å². The predicted octanol–water partition coefficient (Wildman–Crippen LogP) is 3.94. The van der Waals surface area contributed by atoms with E-state index in [2.05, 4.69) is 27.8 Å². The summed E-state index contributed by atoms with van der Waals surface area (Å²) in [5, 5.41) is 5.86. The molecule has 0 bridgehead atoms. The lowest BCUT2D eigenvalue weighted by Gasteiger charge is -2.32. The Morgan fingerprint density at radius 1 is 1.11 bits per heavy atom. The molecule has 1 saturated heterocycles. The van der Waals surface area contributed by atoms with Crippen LogP contribution in [-0.2, 0) is 0 Å². The third kappa shape index (κ3) is 4.88. The van der Waals surface area contributed by atoms with Crippen molar-refractivity contribution in [1.29, 1.82) is 0 Å². The lowest BCUT2D eigenvalue weighted by Crippen LogP contribution is -2.40. The van der Waals surface area contributed by atoms with Gasteiger partial charge in [0.05, 0.1) is 0 Å². The summed E-state index contributed by atoms with van der Waals surface area (Å²) in [6.07, 6.45) is 5.51. The number of nitrogens with one attached hydrogen (secondary N) is 2. The minimum atomic E-state index is -0.135. The van der Waals surface area contributed by atoms with Crippen LogP contribution in [0.15, 0.2) is 42.7 Å². The van der Waals surface area contributed by atoms with Crippen LogP contribution in [-0.4, -0.2) is 41.0 Å². The quantitative estimate of drug-likeness (QED) is 0.844. The highest BCUT2D eigenvalue weighted by Gasteiger charge is 2.24. The highest BCUT2D eigenvalue weighted by Crippen LogP contribution is 2.28. The Morgan fingerprint density at radius 3 is 2.43 bits per heavy atom. The number of likely N-dealkylation sites (tertiary alicyclic amines) is 1. The van der Waals surface area contributed by atoms with Gasteiger partial charge in [0.25, 0.3) is 5.91 Å². The molecule has 28 heavy (non-hydrogen) atoms. The van der Waals surface area contributed by atoms with E-state index in [1.807, 2.05) is 44.1 Å². The molecule has 0 radical (unpaired) electrons. The summed E-state index contributed by atoms with van der Waals surface area (Å²) >= 11 is 0. The van der Waals surface area contributed by atoms with E-state index in [4.69, 9.17) is 0 Å². The number of amides is 3. The number of pyridine rings is 1. The lowest BCUT2D eigenvalue weighted by atomic mass is 9.90. The fourth-order valence-corrected chi connectivity index (χ4v) is 3.49. The molecule has 148 valence electrons. The van der Waals surface area contributed by atoms with Gasteiger partial charge in [-0.1, -0.05) is 6.07 Å². The summed E-state index contributed by atoms with van der Waals surface area (Å²) < 4.78 is 0. The fraction of sp³-hybridized carbons (Fsp3) is 0.409. The minimum Gasteiger partial charge on any atom is -0.350 e. The van der Waals surface area contributed by atoms with Crippen LogP contribution in [0.3, 0.4) is 0 Å². The molecule has 6 nitrogen and oxygen atoms in total. The summed E-state index contributed by atoms with van der Waals surface area (Å²) in [6, 6.07) is 9.44. The van der Waals surface area contributed by atoms with Crippen molar-refractivity contribution in [2.45, 2.75) is 45.6 Å². The Morgan fingerprint density at radius 2 is 1.79 bits per heavy atom. The van der Waals surface area contributed by atoms with E-state index >= 15 is 0 Å². The van der Waals surface area contributed by atoms with Gasteiger partial charge in [0.2, 0.25) is 0 Å². The van der Waals surface area contributed by atoms with Crippen LogP contribution in [0.1, 0.15) is 54.1 Å². The zero-order chi connectivity index (χ0) is 20.1. The van der Waals surface area contributed by atoms with Crippen molar-refractivity contribution in [3.05, 3.63) is 59.4 Å². The van der Waals surface area contributed by atoms with Gasteiger partial charge in [-0.05, 0) is 74.9 Å². The van der Waals surface area contributed by atoms with E-state index in [9.17, 15) is 9.59 Å². The first kappa shape index (κ1) is 19.9. The third-order valence-electron chi connectivity index (χ3n) is 5.12. The number of aromatic nitrogens is 1. The standard InChI is InChI=1S/C22H28N4O2/c1-15(2)24-21(27)19-5-4-16(3)20(14-19)25-22(28)26-12-8-18(9-13-26)17-6-10-23-11-7-17/h4-7,10-11,14-15,18H,8-9,12-13H2,1-3H3,(H,24,27)(H,25,28). The summed E-state index contributed by atoms with van der Waals surface area (Å²) in [5.41, 5.74) is 3.44. The fourth-order valence-electron chi connectivity index (χ4n) is 3.49. The Kier molecular flexibility index (Phi) is 6.29. The second-order valence-electron chi connectivity index (χ2n) is 7.63. The second kappa shape index (κ2) is 8.87. The molecule has 0 atom stereocenters. The first-order valence-electron chi connectivity index (χ1n) is 9.81. The van der Waals surface area contributed by atoms with Gasteiger partial charge in [0.1, 0.15) is 0 Å². The predicted molar refractivity (Wildman–Crippen MR) is 111 cm³/mol. The van der Waals surface area contributed by atoms with Gasteiger partial charge in [0.15, 0.2) is 0 Å². The Balaban J connectivity index is 1.61. The molecule has 1 fully saturated rings. The number of benzene rings is 1. The van der Waals surface area contributed by atoms with E-state index in [0.717, 1.165) is 18.4 Å². The van der Waals surface area contributed by atoms with Crippen molar-refractivity contribution in [3.63, 3.8) is 0 Å². The van der Waals surface area contributed by atoms with E-state index in [-0.39, 0.29) is 18.0 Å². The van der Waals surface area contributed by atoms with E-state index in [1.165, 1.54) is 5.56 Å². The number of nitrogens with zero attached hydrogens (tertiary/aromatic N) is 2. The van der Waals surface area contributed by atoms with Gasteiger partial charge in [-0.25, -0.2) is 4.79 Å². The zero-order valence-corrected chi connectivity index (χ0v) is 16.7. The third-order valence-corrected chi connectivity index (χ3v) is 5.12. The van der Waals surface area contributed by atoms with Crippen LogP contribution in [0.2, 0.25) is 0 Å². The van der Waals surface area contributed by atoms with Gasteiger partial charge in [-0.3, -0.25) is 9.78 Å². The molecule has 1 aromatic heterocycles. The van der Waals surface area contributed by atoms with Gasteiger partial charge in [-0.2, -0.15) is 0 Å². The smallest absolute Gasteiger partial charge is 0.321 e. The minimum absolute atomic E-state index is 0.0635. The molecule has 1 aliphatic rings. The maximum atomic E-state index is 12.7. The first-order valence-corrected chi connectivity index (χ1v) is 9.81. The van der Waals surface area contributed by atoms with E-state index in [1.54, 1.807) is 12.1 Å². The van der Waals surface area contributed by atoms with Crippen LogP contribution in [0.5, 0.6) is 0 Å². The van der Waals surface area contributed by atoms with Crippen molar-refractivity contribution in [1.82, 2.24) is 15.2 Å². The average molecular weight is 380 g/mol. The molecule has 0 unspecified atom stereocenters. The van der Waals surface area contributed by atoms with Crippen molar-refractivity contribution in [2.75, 3.05) is 18.4 Å². The van der Waals surface area contributed by atoms with E-state index < -0.39 is 0 Å². The number of hydrogen-bond acceptors (Lipinski definition) is 3. The van der Waals surface area contributed by atoms with E-state index in [0.29, 0.717) is 30.3 Å². The van der Waals surface area contributed by atoms with Crippen molar-refractivity contribution in [3.8, 4) is 0 Å². The van der Waals surface area contributed by atoms with Crippen LogP contribution in [0, 0.1) is 6.92 Å². The molecule has 1 aromatic carbocycles. The average Bonchev–Trinajstić information content (AvgIpc) is 2.70. The zero-order valence-electron chi connectivity index (χ0n) is 16.7. The van der Waals surface area contributed by atoms with Crippen molar-refractivity contribution >= 4 is 17.6 Å². The number of urea groups is 1. The molecule has 2 aromatic rings. The van der Waals surface area contributed by atoms with Gasteiger partial charge >= 0.3 is 6.03 Å². The summed E-state index contributed by atoms with van der Waals surface area (Å²) in [6.45, 7) is 7.20. The summed E-state index contributed by atoms with van der Waals surface area (Å²) in [4.78, 5) is 30.9. The molecule has 3 rings (SSSR count). The van der Waals surface area contributed by atoms with Crippen molar-refractivity contribution in [2.24, 2.45) is 0 Å². The molecule has 1 aliphatic heterocycles. The lowest BCUT2D eigenvalue weighted by molar-refractivity contribution is 0.0943. The van der Waals surface area contributed by atoms with Crippen LogP contribution >= 0.6 is 0 Å². The molecule has 0 saturated carbocycles. The Bertz CT molecular complexity index is 828. The number of carbonyl (C=O) groups is 2. The number of hydrogen-bond donors (Lipinski definition) is 2. The molecular weight excluding hydrogens is 352 g/mol. The number of carbonyl (C=O) groups excluding carboxylic acids is 2. The molecule has 2 heterocycles. The molecular formula is C22H28N4O2. The normalized spacial score (nSPS) is 14.8. The molecule has 0 aliphatic carbocycles. The van der Waals surface area contributed by atoms with Gasteiger partial charge in [0, 0.05) is 42.8 Å². The number of anilines is 1. The van der Waals surface area contributed by atoms with Crippen molar-refractivity contribution < 1.29 is 9.59 Å². The Labute approximate surface area is 166 Å². The largest absolute Gasteiger partial charge is 0.350 e. The van der Waals surface area contributed by atoms with Crippen LogP contribution in [0.4, 0.5) is 10.5 Å². The maximum absolute atomic E-state index is 12.7. The summed E-state index contributed by atoms with van der Waals surface area (Å²) in [7, 11) is 0. The maximum Gasteiger partial charge on any atom is 0.321 e. The highest BCUT2D eigenvalue weighted by atomic mass is 16.2. The first-order chi connectivity index (χ1) is 13.4. The van der Waals surface area contributed by atoms with Crippen LogP contribution in [0.25, 0.3) is 0 Å². The molecule has 3 amide bonds. The topological polar surface area (TPSA) is 74.3 Å². The SMILES string of the molecule is Cc1ccc(C(=O)NC(C)C)cc1NC(=O)N1CCC(c2ccncc2)CC1. The molecule has 6 heteroatoms. The highest BCUT2D eigenvalue weighted by molar-refractivity contribution is 5.97. The number of aryl methyl sites for hydroxylation is 1. The number of rotatable bonds is 4. The monoisotopic (exact) mass is 380 g/mol. The van der Waals surface area contributed by atoms with Gasteiger partial charge < -0.3 is 15.5 Å². The number of piperidine rings is 1. The summed E-state index contributed by atoms with van der Waals surface area (Å²) in [5.74, 6) is 0.334. The Hall–Kier alpha value is -2.89. The molecule has 0 spiro atoms. The van der Waals surface area contributed by atoms with Gasteiger partial charge in [-0.15, -0.1) is 0 Å².